The van der Waals surface area contributed by atoms with Crippen LogP contribution >= 0.6 is 27.5 Å². The minimum Gasteiger partial charge on any atom is -0.493 e. The first-order chi connectivity index (χ1) is 8.61. The number of ether oxygens (including phenoxy) is 1. The Morgan fingerprint density at radius 1 is 1.44 bits per heavy atom. The minimum absolute atomic E-state index is 0.585. The van der Waals surface area contributed by atoms with Crippen molar-refractivity contribution in [2.45, 2.75) is 13.5 Å². The van der Waals surface area contributed by atoms with Gasteiger partial charge in [-0.2, -0.15) is 0 Å². The Morgan fingerprint density at radius 2 is 2.22 bits per heavy atom. The Morgan fingerprint density at radius 3 is 2.83 bits per heavy atom. The summed E-state index contributed by atoms with van der Waals surface area (Å²) >= 11 is 9.44. The van der Waals surface area contributed by atoms with Crippen LogP contribution in [0.4, 0.5) is 5.69 Å². The van der Waals surface area contributed by atoms with Gasteiger partial charge in [0, 0.05) is 5.02 Å². The van der Waals surface area contributed by atoms with Gasteiger partial charge in [0.1, 0.15) is 5.76 Å². The van der Waals surface area contributed by atoms with Crippen LogP contribution in [0.15, 0.2) is 33.4 Å². The quantitative estimate of drug-likeness (QED) is 0.888. The number of nitrogens with one attached hydrogen (secondary N) is 1. The molecule has 0 atom stereocenters. The first-order valence-corrected chi connectivity index (χ1v) is 6.58. The second-order valence-electron chi connectivity index (χ2n) is 3.85. The molecule has 2 rings (SSSR count). The van der Waals surface area contributed by atoms with Crippen molar-refractivity contribution in [2.75, 3.05) is 12.4 Å². The third-order valence-corrected chi connectivity index (χ3v) is 3.43. The third kappa shape index (κ3) is 2.82. The maximum atomic E-state index is 6.02. The van der Waals surface area contributed by atoms with Gasteiger partial charge in [-0.3, -0.25) is 0 Å². The smallest absolute Gasteiger partial charge is 0.156 e. The van der Waals surface area contributed by atoms with Crippen LogP contribution in [0.2, 0.25) is 5.02 Å². The molecule has 0 bridgehead atoms. The lowest BCUT2D eigenvalue weighted by atomic mass is 10.2. The molecule has 3 nitrogen and oxygen atoms in total. The zero-order chi connectivity index (χ0) is 13.1. The summed E-state index contributed by atoms with van der Waals surface area (Å²) in [6, 6.07) is 5.55. The average molecular weight is 331 g/mol. The normalized spacial score (nSPS) is 10.4. The van der Waals surface area contributed by atoms with E-state index in [0.717, 1.165) is 27.2 Å². The van der Waals surface area contributed by atoms with Crippen LogP contribution in [-0.2, 0) is 6.54 Å². The third-order valence-electron chi connectivity index (χ3n) is 2.62. The summed E-state index contributed by atoms with van der Waals surface area (Å²) < 4.78 is 11.5. The lowest BCUT2D eigenvalue weighted by Crippen LogP contribution is -2.02. The summed E-state index contributed by atoms with van der Waals surface area (Å²) in [7, 11) is 1.62. The van der Waals surface area contributed by atoms with Gasteiger partial charge in [-0.1, -0.05) is 11.6 Å². The molecular weight excluding hydrogens is 318 g/mol. The molecule has 0 saturated carbocycles. The van der Waals surface area contributed by atoms with Crippen LogP contribution < -0.4 is 10.1 Å². The van der Waals surface area contributed by atoms with Gasteiger partial charge in [0.05, 0.1) is 30.1 Å². The topological polar surface area (TPSA) is 34.4 Å². The highest BCUT2D eigenvalue weighted by Crippen LogP contribution is 2.36. The highest BCUT2D eigenvalue weighted by Gasteiger charge is 2.10. The van der Waals surface area contributed by atoms with E-state index in [4.69, 9.17) is 20.8 Å². The van der Waals surface area contributed by atoms with E-state index in [1.54, 1.807) is 19.4 Å². The standard InChI is InChI=1S/C13H13BrClNO2/c1-8-3-4-18-12(8)7-16-11-6-9(15)5-10(14)13(11)17-2/h3-6,16H,7H2,1-2H3. The Hall–Kier alpha value is -1.13. The fourth-order valence-corrected chi connectivity index (χ4v) is 2.63. The number of rotatable bonds is 4. The van der Waals surface area contributed by atoms with Crippen molar-refractivity contribution in [1.82, 2.24) is 0 Å². The maximum Gasteiger partial charge on any atom is 0.156 e. The van der Waals surface area contributed by atoms with Crippen LogP contribution in [-0.4, -0.2) is 7.11 Å². The molecule has 0 saturated heterocycles. The molecule has 1 aromatic heterocycles. The number of hydrogen-bond donors (Lipinski definition) is 1. The van der Waals surface area contributed by atoms with Gasteiger partial charge in [0.2, 0.25) is 0 Å². The molecule has 96 valence electrons. The van der Waals surface area contributed by atoms with Gasteiger partial charge in [-0.15, -0.1) is 0 Å². The van der Waals surface area contributed by atoms with Gasteiger partial charge in [0.25, 0.3) is 0 Å². The van der Waals surface area contributed by atoms with Crippen molar-refractivity contribution < 1.29 is 9.15 Å². The van der Waals surface area contributed by atoms with Crippen molar-refractivity contribution in [2.24, 2.45) is 0 Å². The molecule has 5 heteroatoms. The molecule has 2 aromatic rings. The molecule has 0 spiro atoms. The first-order valence-electron chi connectivity index (χ1n) is 5.41. The zero-order valence-electron chi connectivity index (χ0n) is 10.1. The highest BCUT2D eigenvalue weighted by atomic mass is 79.9. The lowest BCUT2D eigenvalue weighted by molar-refractivity contribution is 0.413. The van der Waals surface area contributed by atoms with E-state index in [2.05, 4.69) is 21.2 Å². The van der Waals surface area contributed by atoms with Crippen LogP contribution in [0.3, 0.4) is 0 Å². The van der Waals surface area contributed by atoms with Crippen molar-refractivity contribution in [3.8, 4) is 5.75 Å². The first kappa shape index (κ1) is 13.3. The number of aryl methyl sites for hydroxylation is 1. The lowest BCUT2D eigenvalue weighted by Gasteiger charge is -2.12. The van der Waals surface area contributed by atoms with E-state index in [-0.39, 0.29) is 0 Å². The summed E-state index contributed by atoms with van der Waals surface area (Å²) in [6.45, 7) is 2.59. The average Bonchev–Trinajstić information content (AvgIpc) is 2.71. The van der Waals surface area contributed by atoms with Crippen LogP contribution in [0.5, 0.6) is 5.75 Å². The molecule has 0 amide bonds. The summed E-state index contributed by atoms with van der Waals surface area (Å²) in [5, 5.41) is 3.90. The summed E-state index contributed by atoms with van der Waals surface area (Å²) in [5.41, 5.74) is 1.94. The molecular formula is C13H13BrClNO2. The molecule has 0 aliphatic rings. The molecule has 0 aliphatic heterocycles. The maximum absolute atomic E-state index is 6.02. The van der Waals surface area contributed by atoms with Gasteiger partial charge < -0.3 is 14.5 Å². The summed E-state index contributed by atoms with van der Waals surface area (Å²) in [6.07, 6.45) is 1.68. The minimum atomic E-state index is 0.585. The Bertz CT molecular complexity index is 554. The van der Waals surface area contributed by atoms with Gasteiger partial charge in [-0.05, 0) is 46.6 Å². The number of anilines is 1. The Balaban J connectivity index is 2.21. The Kier molecular flexibility index (Phi) is 4.19. The molecule has 0 unspecified atom stereocenters. The highest BCUT2D eigenvalue weighted by molar-refractivity contribution is 9.10. The van der Waals surface area contributed by atoms with Crippen LogP contribution in [0, 0.1) is 6.92 Å². The fourth-order valence-electron chi connectivity index (χ4n) is 1.66. The van der Waals surface area contributed by atoms with Crippen molar-refractivity contribution >= 4 is 33.2 Å². The molecule has 1 heterocycles. The van der Waals surface area contributed by atoms with E-state index in [9.17, 15) is 0 Å². The Labute approximate surface area is 119 Å². The molecule has 0 fully saturated rings. The molecule has 1 aromatic carbocycles. The number of hydrogen-bond acceptors (Lipinski definition) is 3. The SMILES string of the molecule is COc1c(Br)cc(Cl)cc1NCc1occc1C. The van der Waals surface area contributed by atoms with Crippen molar-refractivity contribution in [1.29, 1.82) is 0 Å². The molecule has 0 aliphatic carbocycles. The second-order valence-corrected chi connectivity index (χ2v) is 5.14. The van der Waals surface area contributed by atoms with Gasteiger partial charge in [0.15, 0.2) is 5.75 Å². The number of halogens is 2. The van der Waals surface area contributed by atoms with E-state index < -0.39 is 0 Å². The van der Waals surface area contributed by atoms with E-state index >= 15 is 0 Å². The van der Waals surface area contributed by atoms with E-state index in [1.807, 2.05) is 19.1 Å². The number of benzene rings is 1. The molecule has 0 radical (unpaired) electrons. The van der Waals surface area contributed by atoms with Crippen molar-refractivity contribution in [3.63, 3.8) is 0 Å². The van der Waals surface area contributed by atoms with E-state index in [0.29, 0.717) is 11.6 Å². The summed E-state index contributed by atoms with van der Waals surface area (Å²) in [5.74, 6) is 1.62. The van der Waals surface area contributed by atoms with Gasteiger partial charge in [-0.25, -0.2) is 0 Å². The second kappa shape index (κ2) is 5.67. The number of furan rings is 1. The number of methoxy groups -OCH3 is 1. The molecule has 18 heavy (non-hydrogen) atoms. The fraction of sp³-hybridized carbons (Fsp3) is 0.231. The zero-order valence-corrected chi connectivity index (χ0v) is 12.4. The van der Waals surface area contributed by atoms with Crippen LogP contribution in [0.1, 0.15) is 11.3 Å². The summed E-state index contributed by atoms with van der Waals surface area (Å²) in [4.78, 5) is 0. The largest absolute Gasteiger partial charge is 0.493 e. The van der Waals surface area contributed by atoms with E-state index in [1.165, 1.54) is 0 Å². The predicted molar refractivity (Wildman–Crippen MR) is 76.5 cm³/mol. The van der Waals surface area contributed by atoms with Crippen LogP contribution in [0.25, 0.3) is 0 Å². The predicted octanol–water partition coefficient (Wildman–Crippen LogP) is 4.62. The monoisotopic (exact) mass is 329 g/mol. The molecule has 1 N–H and O–H groups in total. The van der Waals surface area contributed by atoms with Gasteiger partial charge >= 0.3 is 0 Å². The van der Waals surface area contributed by atoms with Crippen molar-refractivity contribution in [3.05, 3.63) is 45.3 Å².